The van der Waals surface area contributed by atoms with E-state index in [1.807, 2.05) is 19.9 Å². The normalized spacial score (nSPS) is 51.8. The van der Waals surface area contributed by atoms with Crippen LogP contribution in [0.2, 0.25) is 0 Å². The molecule has 12 atom stereocenters. The molecule has 40 heavy (non-hydrogen) atoms. The van der Waals surface area contributed by atoms with Crippen molar-refractivity contribution in [2.75, 3.05) is 0 Å². The van der Waals surface area contributed by atoms with Crippen LogP contribution >= 0.6 is 0 Å². The molecule has 5 fully saturated rings. The number of allylic oxidation sites excluding steroid dienone is 1. The third-order valence-electron chi connectivity index (χ3n) is 11.1. The first-order valence-corrected chi connectivity index (χ1v) is 14.5. The predicted molar refractivity (Wildman–Crippen MR) is 136 cm³/mol. The number of carbonyl (C=O) groups is 3. The lowest BCUT2D eigenvalue weighted by Crippen LogP contribution is -2.64. The van der Waals surface area contributed by atoms with Crippen LogP contribution in [0.4, 0.5) is 0 Å². The maximum Gasteiger partial charge on any atom is 0.334 e. The molecule has 3 saturated heterocycles. The summed E-state index contributed by atoms with van der Waals surface area (Å²) in [6.07, 6.45) is 1.40. The van der Waals surface area contributed by atoms with Crippen LogP contribution < -0.4 is 0 Å². The van der Waals surface area contributed by atoms with Gasteiger partial charge in [-0.2, -0.15) is 0 Å². The van der Waals surface area contributed by atoms with Gasteiger partial charge in [-0.25, -0.2) is 4.79 Å². The van der Waals surface area contributed by atoms with Crippen LogP contribution in [0.15, 0.2) is 23.3 Å². The maximum atomic E-state index is 12.6. The summed E-state index contributed by atoms with van der Waals surface area (Å²) in [7, 11) is 0. The highest BCUT2D eigenvalue weighted by Gasteiger charge is 2.76. The fourth-order valence-electron chi connectivity index (χ4n) is 9.78. The van der Waals surface area contributed by atoms with Gasteiger partial charge in [-0.1, -0.05) is 13.0 Å². The van der Waals surface area contributed by atoms with Gasteiger partial charge in [0.15, 0.2) is 0 Å². The molecule has 0 aromatic heterocycles. The molecule has 2 saturated carbocycles. The number of aliphatic hydroxyl groups is 2. The van der Waals surface area contributed by atoms with Gasteiger partial charge in [0.1, 0.15) is 35.6 Å². The lowest BCUT2D eigenvalue weighted by atomic mass is 9.59. The minimum Gasteiger partial charge on any atom is -0.459 e. The van der Waals surface area contributed by atoms with Crippen molar-refractivity contribution in [2.45, 2.75) is 120 Å². The predicted octanol–water partition coefficient (Wildman–Crippen LogP) is 1.89. The van der Waals surface area contributed by atoms with Gasteiger partial charge in [0, 0.05) is 43.1 Å². The molecular weight excluding hydrogens is 520 g/mol. The molecular formula is C30H38O10. The molecule has 3 aliphatic carbocycles. The van der Waals surface area contributed by atoms with Crippen LogP contribution in [-0.2, 0) is 38.1 Å². The molecule has 0 aromatic rings. The molecule has 2 N–H and O–H groups in total. The SMILES string of the molecule is CC(=O)O[C@@H]1C[C@]2(O)C[C@@]34OC(=O)C[C@@H]3OC(C)(C)[C@H]4C[C@H](O)[C@@H]2C2=CC[C@@H]3[C@H](C)[C@H](C4C=C(C)C(=O)O4)O[C@@]231. The Labute approximate surface area is 233 Å². The summed E-state index contributed by atoms with van der Waals surface area (Å²) in [5.74, 6) is -2.51. The number of hydrogen-bond acceptors (Lipinski definition) is 10. The van der Waals surface area contributed by atoms with Gasteiger partial charge < -0.3 is 33.9 Å². The van der Waals surface area contributed by atoms with Gasteiger partial charge in [-0.15, -0.1) is 0 Å². The van der Waals surface area contributed by atoms with Crippen molar-refractivity contribution < 1.29 is 48.3 Å². The van der Waals surface area contributed by atoms with Crippen molar-refractivity contribution in [2.24, 2.45) is 23.7 Å². The third-order valence-corrected chi connectivity index (χ3v) is 11.1. The van der Waals surface area contributed by atoms with Crippen molar-refractivity contribution in [3.8, 4) is 0 Å². The highest BCUT2D eigenvalue weighted by atomic mass is 16.6. The van der Waals surface area contributed by atoms with Gasteiger partial charge in [-0.3, -0.25) is 9.59 Å². The quantitative estimate of drug-likeness (QED) is 0.294. The summed E-state index contributed by atoms with van der Waals surface area (Å²) >= 11 is 0. The van der Waals surface area contributed by atoms with E-state index < -0.39 is 64.8 Å². The summed E-state index contributed by atoms with van der Waals surface area (Å²) in [5.41, 5.74) is -3.18. The number of aliphatic hydroxyl groups excluding tert-OH is 1. The van der Waals surface area contributed by atoms with Crippen molar-refractivity contribution in [1.82, 2.24) is 0 Å². The number of cyclic esters (lactones) is 1. The van der Waals surface area contributed by atoms with Crippen molar-refractivity contribution in [3.63, 3.8) is 0 Å². The van der Waals surface area contributed by atoms with E-state index in [2.05, 4.69) is 6.92 Å². The van der Waals surface area contributed by atoms with Crippen LogP contribution in [0.1, 0.15) is 66.7 Å². The number of fused-ring (bicyclic) bond motifs is 2. The molecule has 7 rings (SSSR count). The largest absolute Gasteiger partial charge is 0.459 e. The molecule has 0 aromatic carbocycles. The molecule has 218 valence electrons. The van der Waals surface area contributed by atoms with Gasteiger partial charge >= 0.3 is 17.9 Å². The Hall–Kier alpha value is -2.27. The minimum atomic E-state index is -1.56. The van der Waals surface area contributed by atoms with Crippen LogP contribution in [0.3, 0.4) is 0 Å². The second-order valence-electron chi connectivity index (χ2n) is 13.7. The average Bonchev–Trinajstić information content (AvgIpc) is 3.55. The van der Waals surface area contributed by atoms with Crippen molar-refractivity contribution >= 4 is 17.9 Å². The zero-order valence-electron chi connectivity index (χ0n) is 23.5. The summed E-state index contributed by atoms with van der Waals surface area (Å²) in [5, 5.41) is 24.5. The fraction of sp³-hybridized carbons (Fsp3) is 0.767. The van der Waals surface area contributed by atoms with E-state index in [1.54, 1.807) is 13.0 Å². The van der Waals surface area contributed by atoms with E-state index in [-0.39, 0.29) is 55.4 Å². The second kappa shape index (κ2) is 8.18. The molecule has 4 heterocycles. The molecule has 1 unspecified atom stereocenters. The molecule has 0 radical (unpaired) electrons. The average molecular weight is 559 g/mol. The van der Waals surface area contributed by atoms with Gasteiger partial charge in [0.05, 0.1) is 23.7 Å². The Morgan fingerprint density at radius 3 is 2.62 bits per heavy atom. The molecule has 0 amide bonds. The topological polar surface area (TPSA) is 138 Å². The first-order chi connectivity index (χ1) is 18.7. The van der Waals surface area contributed by atoms with Crippen LogP contribution in [-0.4, -0.2) is 81.0 Å². The highest BCUT2D eigenvalue weighted by molar-refractivity contribution is 5.90. The third kappa shape index (κ3) is 3.27. The summed E-state index contributed by atoms with van der Waals surface area (Å²) in [4.78, 5) is 37.3. The molecule has 2 spiro atoms. The van der Waals surface area contributed by atoms with Crippen molar-refractivity contribution in [3.05, 3.63) is 23.3 Å². The monoisotopic (exact) mass is 558 g/mol. The molecule has 10 nitrogen and oxygen atoms in total. The Bertz CT molecular complexity index is 1250. The number of ether oxygens (including phenoxy) is 5. The second-order valence-corrected chi connectivity index (χ2v) is 13.7. The van der Waals surface area contributed by atoms with E-state index in [9.17, 15) is 24.6 Å². The summed E-state index contributed by atoms with van der Waals surface area (Å²) in [6.45, 7) is 8.98. The van der Waals surface area contributed by atoms with E-state index in [0.29, 0.717) is 12.0 Å². The molecule has 0 bridgehead atoms. The van der Waals surface area contributed by atoms with Gasteiger partial charge in [0.25, 0.3) is 0 Å². The van der Waals surface area contributed by atoms with Crippen molar-refractivity contribution in [1.29, 1.82) is 0 Å². The highest BCUT2D eigenvalue weighted by Crippen LogP contribution is 2.67. The zero-order valence-corrected chi connectivity index (χ0v) is 23.5. The number of carbonyl (C=O) groups excluding carboxylic acids is 3. The Morgan fingerprint density at radius 1 is 1.20 bits per heavy atom. The summed E-state index contributed by atoms with van der Waals surface area (Å²) in [6, 6.07) is 0. The lowest BCUT2D eigenvalue weighted by molar-refractivity contribution is -0.214. The minimum absolute atomic E-state index is 0.0000765. The first kappa shape index (κ1) is 26.6. The molecule has 4 aliphatic heterocycles. The van der Waals surface area contributed by atoms with Crippen LogP contribution in [0.25, 0.3) is 0 Å². The maximum absolute atomic E-state index is 12.6. The Kier molecular flexibility index (Phi) is 5.44. The first-order valence-electron chi connectivity index (χ1n) is 14.5. The number of rotatable bonds is 2. The standard InChI is InChI=1S/C30H38O10/c1-13-8-19(37-26(13)34)25-14(2)16-6-7-17-24-18(32)9-20-27(4,5)38-21-10-23(33)39-29(20,21)12-28(24,35)11-22(36-15(3)31)30(16,17)40-25/h7-8,14,16,18-22,24-25,32,35H,6,9-12H2,1-5H3/t14-,16+,18-,19?,20+,21-,22+,24-,25+,28-,29-,30+/m0/s1. The number of hydrogen-bond donors (Lipinski definition) is 2. The number of esters is 3. The van der Waals surface area contributed by atoms with Gasteiger partial charge in [0.2, 0.25) is 0 Å². The van der Waals surface area contributed by atoms with Gasteiger partial charge in [-0.05, 0) is 51.2 Å². The van der Waals surface area contributed by atoms with E-state index >= 15 is 0 Å². The van der Waals surface area contributed by atoms with Crippen LogP contribution in [0, 0.1) is 23.7 Å². The lowest BCUT2D eigenvalue weighted by Gasteiger charge is -2.54. The zero-order chi connectivity index (χ0) is 28.6. The van der Waals surface area contributed by atoms with Crippen LogP contribution in [0.5, 0.6) is 0 Å². The van der Waals surface area contributed by atoms with E-state index in [4.69, 9.17) is 23.7 Å². The fourth-order valence-corrected chi connectivity index (χ4v) is 9.78. The summed E-state index contributed by atoms with van der Waals surface area (Å²) < 4.78 is 30.9. The van der Waals surface area contributed by atoms with E-state index in [1.165, 1.54) is 6.92 Å². The smallest absolute Gasteiger partial charge is 0.334 e. The van der Waals surface area contributed by atoms with E-state index in [0.717, 1.165) is 5.57 Å². The molecule has 7 aliphatic rings. The Morgan fingerprint density at radius 2 is 1.95 bits per heavy atom. The molecule has 10 heteroatoms. The Balaban J connectivity index is 1.33.